The fourth-order valence-corrected chi connectivity index (χ4v) is 4.33. The highest BCUT2D eigenvalue weighted by Gasteiger charge is 2.38. The van der Waals surface area contributed by atoms with E-state index in [0.717, 1.165) is 16.9 Å². The molecule has 0 spiro atoms. The first kappa shape index (κ1) is 19.2. The lowest BCUT2D eigenvalue weighted by Crippen LogP contribution is -2.24. The first-order chi connectivity index (χ1) is 13.9. The Kier molecular flexibility index (Phi) is 4.87. The average Bonchev–Trinajstić information content (AvgIpc) is 3.18. The van der Waals surface area contributed by atoms with Gasteiger partial charge < -0.3 is 10.7 Å². The molecule has 1 aliphatic heterocycles. The van der Waals surface area contributed by atoms with Crippen molar-refractivity contribution in [3.05, 3.63) is 66.1 Å². The third-order valence-electron chi connectivity index (χ3n) is 5.17. The van der Waals surface area contributed by atoms with Gasteiger partial charge in [0.15, 0.2) is 11.6 Å². The molecule has 0 aliphatic carbocycles. The van der Waals surface area contributed by atoms with Crippen LogP contribution in [0.4, 0.5) is 5.69 Å². The number of pyridine rings is 1. The van der Waals surface area contributed by atoms with Crippen LogP contribution < -0.4 is 10.7 Å². The highest BCUT2D eigenvalue weighted by atomic mass is 32.2. The van der Waals surface area contributed by atoms with Crippen molar-refractivity contribution >= 4 is 23.2 Å². The quantitative estimate of drug-likeness (QED) is 0.396. The number of benzene rings is 1. The number of thioether (sulfide) groups is 1. The molecular formula is C21H22N6OS. The molecule has 29 heavy (non-hydrogen) atoms. The molecule has 0 saturated heterocycles. The van der Waals surface area contributed by atoms with Gasteiger partial charge >= 0.3 is 0 Å². The van der Waals surface area contributed by atoms with Crippen LogP contribution in [0.2, 0.25) is 0 Å². The lowest BCUT2D eigenvalue weighted by Gasteiger charge is -2.23. The molecule has 3 aromatic rings. The van der Waals surface area contributed by atoms with Crippen LogP contribution in [0.1, 0.15) is 19.4 Å². The largest absolute Gasteiger partial charge is 0.347 e. The zero-order chi connectivity index (χ0) is 20.6. The zero-order valence-corrected chi connectivity index (χ0v) is 17.3. The second-order valence-corrected chi connectivity index (χ2v) is 8.35. The summed E-state index contributed by atoms with van der Waals surface area (Å²) in [6, 6.07) is 11.9. The number of nitrogens with zero attached hydrogens (tertiary/aromatic N) is 5. The highest BCUT2D eigenvalue weighted by molar-refractivity contribution is 7.99. The van der Waals surface area contributed by atoms with E-state index < -0.39 is 0 Å². The number of carbonyl (C=O) groups excluding carboxylic acids is 1. The number of para-hydroxylation sites is 1. The summed E-state index contributed by atoms with van der Waals surface area (Å²) in [4.78, 5) is 18.9. The molecule has 7 nitrogen and oxygen atoms in total. The van der Waals surface area contributed by atoms with Gasteiger partial charge in [-0.25, -0.2) is 4.68 Å². The van der Waals surface area contributed by atoms with E-state index in [2.05, 4.69) is 46.1 Å². The number of hydrogen-bond acceptors (Lipinski definition) is 7. The van der Waals surface area contributed by atoms with E-state index in [-0.39, 0.29) is 17.0 Å². The van der Waals surface area contributed by atoms with Crippen LogP contribution in [0, 0.1) is 0 Å². The number of ketones is 1. The fraction of sp³-hybridized carbons (Fsp3) is 0.238. The van der Waals surface area contributed by atoms with Gasteiger partial charge in [-0.05, 0) is 23.8 Å². The number of fused-ring (bicyclic) bond motifs is 1. The standard InChI is InChI=1S/C21H22N6OS/c1-21(2)16-8-4-5-9-17(16)26(3)18(21)11-15(28)13-29-20-25-24-19(27(20)22)14-7-6-10-23-12-14/h4-12H,13,22H2,1-3H3/b18-11+. The van der Waals surface area contributed by atoms with Crippen LogP contribution in [0.3, 0.4) is 0 Å². The van der Waals surface area contributed by atoms with Gasteiger partial charge in [0.05, 0.1) is 5.75 Å². The lowest BCUT2D eigenvalue weighted by atomic mass is 9.83. The van der Waals surface area contributed by atoms with E-state index in [4.69, 9.17) is 5.84 Å². The van der Waals surface area contributed by atoms with Gasteiger partial charge in [0.1, 0.15) is 0 Å². The first-order valence-electron chi connectivity index (χ1n) is 9.21. The second-order valence-electron chi connectivity index (χ2n) is 7.40. The van der Waals surface area contributed by atoms with Crippen molar-refractivity contribution in [1.82, 2.24) is 19.9 Å². The molecule has 0 radical (unpaired) electrons. The van der Waals surface area contributed by atoms with Crippen LogP contribution in [0.15, 0.2) is 65.7 Å². The lowest BCUT2D eigenvalue weighted by molar-refractivity contribution is -0.112. The summed E-state index contributed by atoms with van der Waals surface area (Å²) in [5, 5.41) is 8.72. The second kappa shape index (κ2) is 7.36. The van der Waals surface area contributed by atoms with Crippen LogP contribution in [0.25, 0.3) is 11.4 Å². The van der Waals surface area contributed by atoms with E-state index in [9.17, 15) is 4.79 Å². The van der Waals surface area contributed by atoms with Gasteiger partial charge in [-0.3, -0.25) is 9.78 Å². The molecule has 0 amide bonds. The first-order valence-corrected chi connectivity index (χ1v) is 10.2. The molecule has 0 atom stereocenters. The van der Waals surface area contributed by atoms with Crippen LogP contribution >= 0.6 is 11.8 Å². The van der Waals surface area contributed by atoms with Crippen molar-refractivity contribution in [3.63, 3.8) is 0 Å². The number of carbonyl (C=O) groups is 1. The van der Waals surface area contributed by atoms with E-state index in [1.54, 1.807) is 18.5 Å². The average molecular weight is 407 g/mol. The minimum atomic E-state index is -0.229. The maximum Gasteiger partial charge on any atom is 0.210 e. The number of nitrogens with two attached hydrogens (primary N) is 1. The molecule has 0 saturated carbocycles. The molecule has 148 valence electrons. The summed E-state index contributed by atoms with van der Waals surface area (Å²) in [7, 11) is 2.00. The monoisotopic (exact) mass is 406 g/mol. The highest BCUT2D eigenvalue weighted by Crippen LogP contribution is 2.46. The number of hydrogen-bond donors (Lipinski definition) is 1. The number of rotatable bonds is 5. The summed E-state index contributed by atoms with van der Waals surface area (Å²) < 4.78 is 1.39. The minimum Gasteiger partial charge on any atom is -0.347 e. The maximum absolute atomic E-state index is 12.7. The van der Waals surface area contributed by atoms with Gasteiger partial charge in [-0.15, -0.1) is 10.2 Å². The molecule has 3 heterocycles. The molecule has 8 heteroatoms. The molecular weight excluding hydrogens is 384 g/mol. The molecule has 0 fully saturated rings. The van der Waals surface area contributed by atoms with Crippen molar-refractivity contribution in [2.24, 2.45) is 0 Å². The van der Waals surface area contributed by atoms with Gasteiger partial charge in [-0.1, -0.05) is 43.8 Å². The van der Waals surface area contributed by atoms with E-state index in [1.165, 1.54) is 22.0 Å². The minimum absolute atomic E-state index is 0.00339. The molecule has 2 aromatic heterocycles. The van der Waals surface area contributed by atoms with Crippen molar-refractivity contribution in [2.75, 3.05) is 23.5 Å². The number of nitrogen functional groups attached to an aromatic ring is 1. The van der Waals surface area contributed by atoms with Crippen molar-refractivity contribution in [2.45, 2.75) is 24.4 Å². The van der Waals surface area contributed by atoms with Crippen LogP contribution in [-0.2, 0) is 10.2 Å². The fourth-order valence-electron chi connectivity index (χ4n) is 3.66. The predicted molar refractivity (Wildman–Crippen MR) is 115 cm³/mol. The summed E-state index contributed by atoms with van der Waals surface area (Å²) in [6.45, 7) is 4.27. The van der Waals surface area contributed by atoms with Gasteiger partial charge in [0, 0.05) is 47.9 Å². The van der Waals surface area contributed by atoms with Crippen molar-refractivity contribution in [1.29, 1.82) is 0 Å². The Hall–Kier alpha value is -3.13. The SMILES string of the molecule is CN1/C(=C/C(=O)CSc2nnc(-c3cccnc3)n2N)C(C)(C)c2ccccc21. The zero-order valence-electron chi connectivity index (χ0n) is 16.5. The maximum atomic E-state index is 12.7. The summed E-state index contributed by atoms with van der Waals surface area (Å²) in [6.07, 6.45) is 5.09. The number of aromatic nitrogens is 4. The summed E-state index contributed by atoms with van der Waals surface area (Å²) in [5.41, 5.74) is 3.88. The molecule has 0 unspecified atom stereocenters. The Balaban J connectivity index is 1.50. The Labute approximate surface area is 173 Å². The summed E-state index contributed by atoms with van der Waals surface area (Å²) >= 11 is 1.27. The predicted octanol–water partition coefficient (Wildman–Crippen LogP) is 3.03. The molecule has 0 bridgehead atoms. The van der Waals surface area contributed by atoms with Crippen LogP contribution in [0.5, 0.6) is 0 Å². The van der Waals surface area contributed by atoms with E-state index >= 15 is 0 Å². The van der Waals surface area contributed by atoms with Gasteiger partial charge in [-0.2, -0.15) is 0 Å². The molecule has 2 N–H and O–H groups in total. The van der Waals surface area contributed by atoms with E-state index in [1.807, 2.05) is 31.3 Å². The normalized spacial score (nSPS) is 16.2. The van der Waals surface area contributed by atoms with Crippen LogP contribution in [-0.4, -0.2) is 38.4 Å². The molecule has 1 aromatic carbocycles. The smallest absolute Gasteiger partial charge is 0.210 e. The Morgan fingerprint density at radius 1 is 1.21 bits per heavy atom. The third kappa shape index (κ3) is 3.40. The number of anilines is 1. The topological polar surface area (TPSA) is 89.9 Å². The molecule has 4 rings (SSSR count). The van der Waals surface area contributed by atoms with Gasteiger partial charge in [0.25, 0.3) is 0 Å². The Morgan fingerprint density at radius 3 is 2.72 bits per heavy atom. The third-order valence-corrected chi connectivity index (χ3v) is 6.13. The van der Waals surface area contributed by atoms with Gasteiger partial charge in [0.2, 0.25) is 5.16 Å². The summed E-state index contributed by atoms with van der Waals surface area (Å²) in [5.74, 6) is 6.86. The van der Waals surface area contributed by atoms with E-state index in [0.29, 0.717) is 11.0 Å². The van der Waals surface area contributed by atoms with Crippen molar-refractivity contribution < 1.29 is 4.79 Å². The number of likely N-dealkylation sites (N-methyl/N-ethyl adjacent to an activating group) is 1. The number of allylic oxidation sites excluding steroid dienone is 2. The Bertz CT molecular complexity index is 1090. The Morgan fingerprint density at radius 2 is 2.00 bits per heavy atom. The molecule has 1 aliphatic rings. The van der Waals surface area contributed by atoms with Crippen molar-refractivity contribution in [3.8, 4) is 11.4 Å².